The lowest BCUT2D eigenvalue weighted by atomic mass is 9.99. The molecule has 1 amide bonds. The highest BCUT2D eigenvalue weighted by Crippen LogP contribution is 2.26. The van der Waals surface area contributed by atoms with Crippen LogP contribution in [0.2, 0.25) is 0 Å². The Morgan fingerprint density at radius 2 is 2.04 bits per heavy atom. The molecule has 1 aliphatic heterocycles. The number of rotatable bonds is 6. The van der Waals surface area contributed by atoms with Crippen LogP contribution in [0.25, 0.3) is 0 Å². The highest BCUT2D eigenvalue weighted by molar-refractivity contribution is 8.13. The third-order valence-electron chi connectivity index (χ3n) is 3.61. The summed E-state index contributed by atoms with van der Waals surface area (Å²) in [7, 11) is 0. The molecule has 1 aromatic carbocycles. The number of carboxylic acids is 1. The van der Waals surface area contributed by atoms with Crippen LogP contribution in [0.3, 0.4) is 0 Å². The molecular weight excluding hydrogens is 334 g/mol. The smallest absolute Gasteiger partial charge is 0.327 e. The summed E-state index contributed by atoms with van der Waals surface area (Å²) < 4.78 is 0. The molecule has 2 atom stereocenters. The monoisotopic (exact) mass is 353 g/mol. The topological polar surface area (TPSA) is 74.7 Å². The summed E-state index contributed by atoms with van der Waals surface area (Å²) in [5.41, 5.74) is 1.01. The van der Waals surface area contributed by atoms with E-state index >= 15 is 0 Å². The van der Waals surface area contributed by atoms with Crippen molar-refractivity contribution in [1.29, 1.82) is 0 Å². The van der Waals surface area contributed by atoms with Gasteiger partial charge in [0.15, 0.2) is 5.12 Å². The molecule has 0 aliphatic carbocycles. The number of aliphatic carboxylic acids is 1. The summed E-state index contributed by atoms with van der Waals surface area (Å²) in [5.74, 6) is -0.366. The maximum Gasteiger partial charge on any atom is 0.327 e. The van der Waals surface area contributed by atoms with Crippen LogP contribution in [-0.2, 0) is 20.8 Å². The fourth-order valence-corrected chi connectivity index (χ4v) is 4.28. The average molecular weight is 353 g/mol. The Morgan fingerprint density at radius 3 is 2.65 bits per heavy atom. The second-order valence-corrected chi connectivity index (χ2v) is 7.55. The number of carbonyl (C=O) groups is 3. The molecule has 124 valence electrons. The van der Waals surface area contributed by atoms with Gasteiger partial charge in [-0.2, -0.15) is 0 Å². The molecule has 0 bridgehead atoms. The van der Waals surface area contributed by atoms with Crippen LogP contribution in [0.5, 0.6) is 0 Å². The quantitative estimate of drug-likeness (QED) is 0.844. The van der Waals surface area contributed by atoms with Gasteiger partial charge < -0.3 is 10.0 Å². The third kappa shape index (κ3) is 5.00. The fourth-order valence-electron chi connectivity index (χ4n) is 2.43. The molecule has 1 N–H and O–H groups in total. The second-order valence-electron chi connectivity index (χ2n) is 5.35. The number of thioether (sulfide) groups is 2. The van der Waals surface area contributed by atoms with Crippen LogP contribution in [0.4, 0.5) is 0 Å². The molecule has 1 aliphatic rings. The lowest BCUT2D eigenvalue weighted by molar-refractivity contribution is -0.149. The van der Waals surface area contributed by atoms with Gasteiger partial charge >= 0.3 is 5.97 Å². The van der Waals surface area contributed by atoms with Gasteiger partial charge in [0.05, 0.1) is 11.8 Å². The Bertz CT molecular complexity index is 579. The van der Waals surface area contributed by atoms with E-state index in [1.54, 1.807) is 0 Å². The standard InChI is InChI=1S/C16H19NO4S2/c1-11(18)23-8-13(7-12-5-3-2-4-6-12)15(19)17-10-22-9-14(17)16(20)21/h2-6,13-14H,7-10H2,1H3,(H,20,21)/t13?,14-/m1/s1. The lowest BCUT2D eigenvalue weighted by Gasteiger charge is -2.26. The zero-order valence-corrected chi connectivity index (χ0v) is 14.4. The van der Waals surface area contributed by atoms with E-state index in [0.29, 0.717) is 23.8 Å². The van der Waals surface area contributed by atoms with Crippen molar-refractivity contribution in [3.8, 4) is 0 Å². The number of hydrogen-bond acceptors (Lipinski definition) is 5. The Balaban J connectivity index is 2.13. The van der Waals surface area contributed by atoms with Gasteiger partial charge in [-0.05, 0) is 12.0 Å². The molecule has 23 heavy (non-hydrogen) atoms. The van der Waals surface area contributed by atoms with Crippen molar-refractivity contribution in [3.05, 3.63) is 35.9 Å². The molecule has 0 spiro atoms. The normalized spacial score (nSPS) is 18.7. The molecule has 0 aromatic heterocycles. The number of benzene rings is 1. The van der Waals surface area contributed by atoms with Gasteiger partial charge in [0.1, 0.15) is 6.04 Å². The van der Waals surface area contributed by atoms with Gasteiger partial charge in [-0.3, -0.25) is 9.59 Å². The minimum atomic E-state index is -0.971. The van der Waals surface area contributed by atoms with E-state index in [4.69, 9.17) is 0 Å². The van der Waals surface area contributed by atoms with Gasteiger partial charge in [0, 0.05) is 18.4 Å². The molecular formula is C16H19NO4S2. The van der Waals surface area contributed by atoms with Crippen LogP contribution in [0.1, 0.15) is 12.5 Å². The summed E-state index contributed by atoms with van der Waals surface area (Å²) >= 11 is 2.56. The van der Waals surface area contributed by atoms with Crippen molar-refractivity contribution in [2.75, 3.05) is 17.4 Å². The average Bonchev–Trinajstić information content (AvgIpc) is 3.01. The van der Waals surface area contributed by atoms with Crippen LogP contribution in [0.15, 0.2) is 30.3 Å². The molecule has 1 saturated heterocycles. The number of carbonyl (C=O) groups excluding carboxylic acids is 2. The van der Waals surface area contributed by atoms with E-state index in [1.807, 2.05) is 30.3 Å². The van der Waals surface area contributed by atoms with Crippen LogP contribution >= 0.6 is 23.5 Å². The fraction of sp³-hybridized carbons (Fsp3) is 0.438. The SMILES string of the molecule is CC(=O)SCC(Cc1ccccc1)C(=O)N1CSC[C@@H]1C(=O)O. The Labute approximate surface area is 143 Å². The minimum Gasteiger partial charge on any atom is -0.480 e. The Hall–Kier alpha value is -1.47. The van der Waals surface area contributed by atoms with Gasteiger partial charge in [-0.1, -0.05) is 42.1 Å². The third-order valence-corrected chi connectivity index (χ3v) is 5.60. The van der Waals surface area contributed by atoms with Gasteiger partial charge in [-0.25, -0.2) is 4.79 Å². The predicted octanol–water partition coefficient (Wildman–Crippen LogP) is 2.11. The summed E-state index contributed by atoms with van der Waals surface area (Å²) in [6.07, 6.45) is 0.507. The number of carboxylic acid groups (broad SMARTS) is 1. The maximum atomic E-state index is 12.8. The molecule has 0 saturated carbocycles. The van der Waals surface area contributed by atoms with Crippen molar-refractivity contribution in [1.82, 2.24) is 4.90 Å². The highest BCUT2D eigenvalue weighted by atomic mass is 32.2. The number of amides is 1. The number of nitrogens with zero attached hydrogens (tertiary/aromatic N) is 1. The first-order valence-electron chi connectivity index (χ1n) is 7.27. The van der Waals surface area contributed by atoms with Crippen LogP contribution in [0, 0.1) is 5.92 Å². The van der Waals surface area contributed by atoms with Crippen molar-refractivity contribution in [3.63, 3.8) is 0 Å². The first-order valence-corrected chi connectivity index (χ1v) is 9.41. The van der Waals surface area contributed by atoms with Gasteiger partial charge in [0.2, 0.25) is 5.91 Å². The molecule has 1 heterocycles. The number of hydrogen-bond donors (Lipinski definition) is 1. The molecule has 2 rings (SSSR count). The van der Waals surface area contributed by atoms with E-state index in [1.165, 1.54) is 23.6 Å². The van der Waals surface area contributed by atoms with Crippen molar-refractivity contribution in [2.24, 2.45) is 5.92 Å². The zero-order valence-electron chi connectivity index (χ0n) is 12.8. The largest absolute Gasteiger partial charge is 0.480 e. The predicted molar refractivity (Wildman–Crippen MR) is 92.4 cm³/mol. The Morgan fingerprint density at radius 1 is 1.35 bits per heavy atom. The first kappa shape index (κ1) is 17.9. The zero-order chi connectivity index (χ0) is 16.8. The molecule has 1 fully saturated rings. The Kier molecular flexibility index (Phi) is 6.53. The summed E-state index contributed by atoms with van der Waals surface area (Å²) in [5, 5.41) is 9.22. The summed E-state index contributed by atoms with van der Waals surface area (Å²) in [6, 6.07) is 8.81. The summed E-state index contributed by atoms with van der Waals surface area (Å²) in [4.78, 5) is 36.8. The van der Waals surface area contributed by atoms with Crippen LogP contribution < -0.4 is 0 Å². The molecule has 7 heteroatoms. The van der Waals surface area contributed by atoms with Gasteiger partial charge in [-0.15, -0.1) is 11.8 Å². The molecule has 0 radical (unpaired) electrons. The molecule has 1 unspecified atom stereocenters. The van der Waals surface area contributed by atoms with Crippen LogP contribution in [-0.4, -0.2) is 50.4 Å². The lowest BCUT2D eigenvalue weighted by Crippen LogP contribution is -2.45. The molecule has 1 aromatic rings. The highest BCUT2D eigenvalue weighted by Gasteiger charge is 2.37. The van der Waals surface area contributed by atoms with E-state index in [0.717, 1.165) is 17.3 Å². The van der Waals surface area contributed by atoms with E-state index < -0.39 is 17.9 Å². The van der Waals surface area contributed by atoms with Crippen molar-refractivity contribution < 1.29 is 19.5 Å². The van der Waals surface area contributed by atoms with E-state index in [9.17, 15) is 19.5 Å². The van der Waals surface area contributed by atoms with Crippen molar-refractivity contribution >= 4 is 40.5 Å². The van der Waals surface area contributed by atoms with E-state index in [2.05, 4.69) is 0 Å². The minimum absolute atomic E-state index is 0.0403. The van der Waals surface area contributed by atoms with Crippen molar-refractivity contribution in [2.45, 2.75) is 19.4 Å². The first-order chi connectivity index (χ1) is 11.0. The second kappa shape index (κ2) is 8.40. The van der Waals surface area contributed by atoms with E-state index in [-0.39, 0.29) is 11.0 Å². The maximum absolute atomic E-state index is 12.8. The summed E-state index contributed by atoms with van der Waals surface area (Å²) in [6.45, 7) is 1.47. The molecule has 5 nitrogen and oxygen atoms in total. The van der Waals surface area contributed by atoms with Gasteiger partial charge in [0.25, 0.3) is 0 Å².